The van der Waals surface area contributed by atoms with Crippen LogP contribution in [-0.2, 0) is 22.4 Å². The summed E-state index contributed by atoms with van der Waals surface area (Å²) in [4.78, 5) is 40.4. The Labute approximate surface area is 194 Å². The molecule has 3 amide bonds. The monoisotopic (exact) mass is 455 g/mol. The molecule has 0 aliphatic heterocycles. The van der Waals surface area contributed by atoms with E-state index < -0.39 is 0 Å². The second-order valence-corrected chi connectivity index (χ2v) is 10.6. The molecule has 1 aromatic heterocycles. The normalized spacial score (nSPS) is 15.6. The van der Waals surface area contributed by atoms with E-state index in [2.05, 4.69) is 31.4 Å². The van der Waals surface area contributed by atoms with Crippen LogP contribution in [0.5, 0.6) is 0 Å². The quantitative estimate of drug-likeness (QED) is 0.646. The lowest BCUT2D eigenvalue weighted by Gasteiger charge is -2.33. The molecule has 0 bridgehead atoms. The van der Waals surface area contributed by atoms with Crippen LogP contribution in [0.3, 0.4) is 0 Å². The second-order valence-electron chi connectivity index (χ2n) is 9.49. The Morgan fingerprint density at radius 1 is 1.09 bits per heavy atom. The number of hydrogen-bond acceptors (Lipinski definition) is 4. The molecule has 1 heterocycles. The van der Waals surface area contributed by atoms with Crippen molar-refractivity contribution in [3.8, 4) is 0 Å². The van der Waals surface area contributed by atoms with Crippen LogP contribution in [0.15, 0.2) is 30.3 Å². The maximum absolute atomic E-state index is 13.1. The number of rotatable bonds is 6. The maximum Gasteiger partial charge on any atom is 0.264 e. The first-order chi connectivity index (χ1) is 15.1. The molecule has 1 aliphatic rings. The number of hydrogen-bond donors (Lipinski definition) is 2. The van der Waals surface area contributed by atoms with E-state index in [1.54, 1.807) is 40.5 Å². The van der Waals surface area contributed by atoms with E-state index in [4.69, 9.17) is 0 Å². The van der Waals surface area contributed by atoms with Crippen LogP contribution in [-0.4, -0.2) is 35.7 Å². The van der Waals surface area contributed by atoms with Crippen LogP contribution < -0.4 is 10.6 Å². The first-order valence-electron chi connectivity index (χ1n) is 11.1. The van der Waals surface area contributed by atoms with Crippen molar-refractivity contribution in [1.29, 1.82) is 0 Å². The largest absolute Gasteiger partial charge is 0.329 e. The Morgan fingerprint density at radius 3 is 2.28 bits per heavy atom. The van der Waals surface area contributed by atoms with Crippen molar-refractivity contribution in [3.05, 3.63) is 45.6 Å². The summed E-state index contributed by atoms with van der Waals surface area (Å²) in [7, 11) is 0. The highest BCUT2D eigenvalue weighted by Gasteiger charge is 2.31. The molecule has 0 fully saturated rings. The van der Waals surface area contributed by atoms with Gasteiger partial charge in [-0.25, -0.2) is 0 Å². The van der Waals surface area contributed by atoms with Gasteiger partial charge in [0.15, 0.2) is 0 Å². The Kier molecular flexibility index (Phi) is 7.39. The fraction of sp³-hybridized carbons (Fsp3) is 0.480. The molecule has 172 valence electrons. The van der Waals surface area contributed by atoms with Crippen LogP contribution in [0, 0.1) is 11.3 Å². The summed E-state index contributed by atoms with van der Waals surface area (Å²) >= 11 is 1.58. The van der Waals surface area contributed by atoms with E-state index in [1.165, 1.54) is 17.4 Å². The number of nitrogens with zero attached hydrogens (tertiary/aromatic N) is 1. The van der Waals surface area contributed by atoms with Gasteiger partial charge < -0.3 is 15.5 Å². The molecule has 0 radical (unpaired) electrons. The molecule has 0 spiro atoms. The standard InChI is InChI=1S/C25H33N3O3S/c1-6-28(15-23(30)27-20-10-8-19(9-11-20)26-16(2)29)24(31)22-14-17-13-18(25(3,4)5)7-12-21(17)32-22/h8-11,14,18H,6-7,12-13,15H2,1-5H3,(H,26,29)(H,27,30)/t18-/m1/s1. The topological polar surface area (TPSA) is 78.5 Å². The number of fused-ring (bicyclic) bond motifs is 1. The summed E-state index contributed by atoms with van der Waals surface area (Å²) in [6.07, 6.45) is 3.20. The lowest BCUT2D eigenvalue weighted by Crippen LogP contribution is -2.37. The van der Waals surface area contributed by atoms with E-state index in [-0.39, 0.29) is 29.7 Å². The summed E-state index contributed by atoms with van der Waals surface area (Å²) in [5, 5.41) is 5.51. The molecule has 1 atom stereocenters. The average Bonchev–Trinajstić information content (AvgIpc) is 3.15. The van der Waals surface area contributed by atoms with Gasteiger partial charge in [-0.1, -0.05) is 20.8 Å². The molecule has 0 saturated carbocycles. The highest BCUT2D eigenvalue weighted by atomic mass is 32.1. The minimum Gasteiger partial charge on any atom is -0.329 e. The van der Waals surface area contributed by atoms with Crippen molar-refractivity contribution in [2.75, 3.05) is 23.7 Å². The Morgan fingerprint density at radius 2 is 1.72 bits per heavy atom. The van der Waals surface area contributed by atoms with Gasteiger partial charge in [0.2, 0.25) is 11.8 Å². The summed E-state index contributed by atoms with van der Waals surface area (Å²) in [6.45, 7) is 10.6. The minimum atomic E-state index is -0.249. The number of thiophene rings is 1. The third-order valence-corrected chi connectivity index (χ3v) is 7.24. The van der Waals surface area contributed by atoms with E-state index in [0.29, 0.717) is 23.8 Å². The van der Waals surface area contributed by atoms with Crippen LogP contribution in [0.4, 0.5) is 11.4 Å². The van der Waals surface area contributed by atoms with E-state index in [0.717, 1.165) is 24.1 Å². The SMILES string of the molecule is CCN(CC(=O)Nc1ccc(NC(C)=O)cc1)C(=O)c1cc2c(s1)CC[C@@H](C(C)(C)C)C2. The van der Waals surface area contributed by atoms with Gasteiger partial charge in [-0.2, -0.15) is 0 Å². The summed E-state index contributed by atoms with van der Waals surface area (Å²) in [5.74, 6) is 0.137. The van der Waals surface area contributed by atoms with Crippen LogP contribution in [0.1, 0.15) is 61.2 Å². The van der Waals surface area contributed by atoms with Gasteiger partial charge in [0.25, 0.3) is 5.91 Å². The second kappa shape index (κ2) is 9.86. The number of anilines is 2. The molecule has 3 rings (SSSR count). The highest BCUT2D eigenvalue weighted by molar-refractivity contribution is 7.14. The Bertz CT molecular complexity index is 989. The fourth-order valence-corrected chi connectivity index (χ4v) is 5.24. The lowest BCUT2D eigenvalue weighted by atomic mass is 9.72. The van der Waals surface area contributed by atoms with Crippen molar-refractivity contribution < 1.29 is 14.4 Å². The first-order valence-corrected chi connectivity index (χ1v) is 12.0. The van der Waals surface area contributed by atoms with Gasteiger partial charge >= 0.3 is 0 Å². The van der Waals surface area contributed by atoms with Crippen molar-refractivity contribution in [3.63, 3.8) is 0 Å². The zero-order valence-corrected chi connectivity index (χ0v) is 20.4. The molecule has 0 unspecified atom stereocenters. The van der Waals surface area contributed by atoms with E-state index >= 15 is 0 Å². The number of likely N-dealkylation sites (N-methyl/N-ethyl adjacent to an activating group) is 1. The predicted molar refractivity (Wildman–Crippen MR) is 130 cm³/mol. The fourth-order valence-electron chi connectivity index (χ4n) is 4.07. The molecule has 2 N–H and O–H groups in total. The molecule has 1 aliphatic carbocycles. The van der Waals surface area contributed by atoms with Gasteiger partial charge in [0.05, 0.1) is 4.88 Å². The Hall–Kier alpha value is -2.67. The third kappa shape index (κ3) is 5.97. The number of aryl methyl sites for hydroxylation is 1. The van der Waals surface area contributed by atoms with Crippen molar-refractivity contribution in [2.45, 2.75) is 53.9 Å². The number of carbonyl (C=O) groups is 3. The molecule has 7 heteroatoms. The smallest absolute Gasteiger partial charge is 0.264 e. The van der Waals surface area contributed by atoms with Gasteiger partial charge in [0, 0.05) is 29.7 Å². The van der Waals surface area contributed by atoms with Gasteiger partial charge in [-0.05, 0) is 73.4 Å². The summed E-state index contributed by atoms with van der Waals surface area (Å²) < 4.78 is 0. The molecule has 2 aromatic rings. The number of benzene rings is 1. The van der Waals surface area contributed by atoms with Crippen LogP contribution in [0.25, 0.3) is 0 Å². The number of nitrogens with one attached hydrogen (secondary N) is 2. The lowest BCUT2D eigenvalue weighted by molar-refractivity contribution is -0.117. The summed E-state index contributed by atoms with van der Waals surface area (Å²) in [5.41, 5.74) is 2.84. The summed E-state index contributed by atoms with van der Waals surface area (Å²) in [6, 6.07) is 8.93. The zero-order chi connectivity index (χ0) is 23.5. The Balaban J connectivity index is 1.62. The van der Waals surface area contributed by atoms with Crippen LogP contribution >= 0.6 is 11.3 Å². The van der Waals surface area contributed by atoms with Gasteiger partial charge in [-0.15, -0.1) is 11.3 Å². The molecular weight excluding hydrogens is 422 g/mol. The van der Waals surface area contributed by atoms with Crippen molar-refractivity contribution in [1.82, 2.24) is 4.90 Å². The molecule has 6 nitrogen and oxygen atoms in total. The minimum absolute atomic E-state index is 0.00400. The number of amides is 3. The van der Waals surface area contributed by atoms with Crippen LogP contribution in [0.2, 0.25) is 0 Å². The van der Waals surface area contributed by atoms with Crippen molar-refractivity contribution in [2.24, 2.45) is 11.3 Å². The van der Waals surface area contributed by atoms with E-state index in [9.17, 15) is 14.4 Å². The predicted octanol–water partition coefficient (Wildman–Crippen LogP) is 4.96. The molecular formula is C25H33N3O3S. The first kappa shape index (κ1) is 24.0. The average molecular weight is 456 g/mol. The van der Waals surface area contributed by atoms with Crippen molar-refractivity contribution >= 4 is 40.4 Å². The van der Waals surface area contributed by atoms with Gasteiger partial charge in [0.1, 0.15) is 6.54 Å². The number of carbonyl (C=O) groups excluding carboxylic acids is 3. The van der Waals surface area contributed by atoms with Gasteiger partial charge in [-0.3, -0.25) is 14.4 Å². The zero-order valence-electron chi connectivity index (χ0n) is 19.6. The molecule has 0 saturated heterocycles. The molecule has 1 aromatic carbocycles. The molecule has 32 heavy (non-hydrogen) atoms. The maximum atomic E-state index is 13.1. The third-order valence-electron chi connectivity index (χ3n) is 6.01. The van der Waals surface area contributed by atoms with E-state index in [1.807, 2.05) is 13.0 Å². The highest BCUT2D eigenvalue weighted by Crippen LogP contribution is 2.40.